The molecule has 3 fully saturated rings. The van der Waals surface area contributed by atoms with Gasteiger partial charge in [-0.05, 0) is 0 Å². The van der Waals surface area contributed by atoms with Crippen LogP contribution in [0.1, 0.15) is 25.7 Å². The minimum atomic E-state index is -5.66. The van der Waals surface area contributed by atoms with Crippen LogP contribution in [0.25, 0.3) is 0 Å². The molecule has 0 aromatic heterocycles. The van der Waals surface area contributed by atoms with E-state index >= 15 is 0 Å². The van der Waals surface area contributed by atoms with Crippen LogP contribution in [0.15, 0.2) is 0 Å². The van der Waals surface area contributed by atoms with Gasteiger partial charge >= 0.3 is 88.0 Å². The lowest BCUT2D eigenvalue weighted by Crippen LogP contribution is -2.31. The number of methoxy groups -OCH3 is 2. The molecule has 15 unspecified atom stereocenters. The van der Waals surface area contributed by atoms with Gasteiger partial charge in [0.2, 0.25) is 0 Å². The van der Waals surface area contributed by atoms with E-state index in [1.165, 1.54) is 7.11 Å². The van der Waals surface area contributed by atoms with Crippen molar-refractivity contribution in [3.8, 4) is 6.07 Å². The highest BCUT2D eigenvalue weighted by molar-refractivity contribution is 7.79. The highest BCUT2D eigenvalue weighted by Crippen LogP contribution is 2.68. The van der Waals surface area contributed by atoms with Crippen LogP contribution in [0, 0.1) is 11.3 Å². The predicted molar refractivity (Wildman–Crippen MR) is 245 cm³/mol. The molecule has 0 aliphatic carbocycles. The number of hydrogen-bond donors (Lipinski definition) is 12. The van der Waals surface area contributed by atoms with Crippen LogP contribution in [0.4, 0.5) is 9.59 Å². The van der Waals surface area contributed by atoms with Gasteiger partial charge in [-0.2, -0.15) is 31.1 Å². The number of nitriles is 1. The number of nitrogens with zero attached hydrogens (tertiary/aromatic N) is 1. The molecule has 42 nitrogen and oxygen atoms in total. The summed E-state index contributed by atoms with van der Waals surface area (Å²) in [5.41, 5.74) is 0. The number of phosphoric acid groups is 9. The zero-order valence-corrected chi connectivity index (χ0v) is 47.5. The van der Waals surface area contributed by atoms with Crippen LogP contribution in [0.3, 0.4) is 0 Å². The van der Waals surface area contributed by atoms with Crippen molar-refractivity contribution in [2.75, 3.05) is 40.6 Å². The van der Waals surface area contributed by atoms with Crippen molar-refractivity contribution in [2.45, 2.75) is 80.3 Å². The van der Waals surface area contributed by atoms with E-state index in [0.717, 1.165) is 7.11 Å². The number of hydrogen-bond acceptors (Lipinski definition) is 31. The Bertz CT molecular complexity index is 2400. The maximum atomic E-state index is 11.7. The van der Waals surface area contributed by atoms with Crippen LogP contribution in [0.2, 0.25) is 0 Å². The van der Waals surface area contributed by atoms with E-state index in [9.17, 15) is 65.4 Å². The lowest BCUT2D eigenvalue weighted by atomic mass is 9.96. The van der Waals surface area contributed by atoms with Gasteiger partial charge in [-0.1, -0.05) is 0 Å². The Morgan fingerprint density at radius 1 is 0.500 bits per heavy atom. The fourth-order valence-corrected chi connectivity index (χ4v) is 14.4. The largest absolute Gasteiger partial charge is 0.508 e. The highest BCUT2D eigenvalue weighted by Gasteiger charge is 2.46. The number of carbonyl (C=O) groups excluding carboxylic acids is 2. The second-order valence-electron chi connectivity index (χ2n) is 13.9. The van der Waals surface area contributed by atoms with E-state index in [1.54, 1.807) is 6.07 Å². The molecule has 3 rings (SSSR count). The van der Waals surface area contributed by atoms with Crippen LogP contribution in [-0.2, 0) is 123 Å². The molecule has 3 aliphatic heterocycles. The van der Waals surface area contributed by atoms with E-state index in [0.29, 0.717) is 0 Å². The summed E-state index contributed by atoms with van der Waals surface area (Å²) in [4.78, 5) is 128. The second kappa shape index (κ2) is 31.8. The monoisotopic (exact) mass is 1330 g/mol. The van der Waals surface area contributed by atoms with Crippen molar-refractivity contribution >= 4 is 124 Å². The third-order valence-corrected chi connectivity index (χ3v) is 19.3. The molecule has 78 heavy (non-hydrogen) atoms. The molecule has 6 radical (unpaired) electrons. The minimum Gasteiger partial charge on any atom is -0.460 e. The number of thiocarbonyl (C=S) groups is 1. The van der Waals surface area contributed by atoms with Gasteiger partial charge in [0.05, 0.1) is 46.5 Å². The fourth-order valence-electron chi connectivity index (χ4n) is 5.15. The quantitative estimate of drug-likeness (QED) is 0.0175. The first kappa shape index (κ1) is 75.0. The van der Waals surface area contributed by atoms with E-state index in [1.807, 2.05) is 0 Å². The van der Waals surface area contributed by atoms with Crippen LogP contribution >= 0.6 is 82.6 Å². The van der Waals surface area contributed by atoms with E-state index in [2.05, 4.69) is 53.6 Å². The molecule has 0 saturated carbocycles. The Labute approximate surface area is 446 Å². The standard InChI is InChI=1S/C9H15BNO14P3.C7H14BO14P3.C7H14BO13P3S/c10-8-4-6(23-9(12)20-3-1-2-11)7(22-8)5-21-27(16,17)25-28(18,19)24-26(13,14)15;1-17-7(9)20-4-2-6(8)19-5(4)3-18-24(13,14)22-25(15,16)21-23(10,11)12;1-16-7(25)19-4-2-6(8)18-5(4)3-17-23(12,13)21-24(14,15)20-22(9,10)11/h6-8H,1,3-5H2,(H,16,17)(H,18,19)(H2,13,14,15);4-6H,2-3H2,1H3,(H,13,14)(H,15,16)(H2,10,11,12);4-6H,2-3H2,1H3,(H,12,13)(H,14,15)(H2,9,10,11). The van der Waals surface area contributed by atoms with Gasteiger partial charge in [0, 0.05) is 49.5 Å². The Balaban J connectivity index is 0.000000586. The summed E-state index contributed by atoms with van der Waals surface area (Å²) in [7, 11) is -30.5. The molecule has 0 aromatic carbocycles. The molecular formula is C23H43B3NO41P9S. The first-order valence-corrected chi connectivity index (χ1v) is 33.4. The molecule has 15 atom stereocenters. The first-order valence-electron chi connectivity index (χ1n) is 19.5. The molecule has 12 N–H and O–H groups in total. The lowest BCUT2D eigenvalue weighted by molar-refractivity contribution is -0.0319. The summed E-state index contributed by atoms with van der Waals surface area (Å²) in [5.74, 6) is 0. The van der Waals surface area contributed by atoms with E-state index < -0.39 is 157 Å². The smallest absolute Gasteiger partial charge is 0.460 e. The van der Waals surface area contributed by atoms with Gasteiger partial charge in [-0.25, -0.2) is 50.7 Å². The minimum absolute atomic E-state index is 0.000471. The van der Waals surface area contributed by atoms with Crippen molar-refractivity contribution < 1.29 is 191 Å². The molecule has 3 saturated heterocycles. The molecule has 0 aromatic rings. The molecule has 3 aliphatic rings. The molecule has 55 heteroatoms. The molecule has 0 spiro atoms. The van der Waals surface area contributed by atoms with Crippen LogP contribution < -0.4 is 0 Å². The summed E-state index contributed by atoms with van der Waals surface area (Å²) in [6.45, 7) is -2.57. The SMILES string of the molecule is [B]C1CC(OC(=O)OC)C(COP(=O)(O)OP(=O)(O)OP(=O)(O)O)O1.[B]C1CC(OC(=O)OCCC#N)C(COP(=O)(O)OP(=O)(O)OP(=O)(O)O)O1.[B]C1CC(OC(=S)OC)C(COP(=O)(O)OP(=O)(O)OP(=O)(O)O)O1. The summed E-state index contributed by atoms with van der Waals surface area (Å²) < 4.78 is 178. The van der Waals surface area contributed by atoms with Gasteiger partial charge in [-0.3, -0.25) is 13.6 Å². The van der Waals surface area contributed by atoms with Crippen molar-refractivity contribution in [2.24, 2.45) is 0 Å². The maximum Gasteiger partial charge on any atom is 0.508 e. The van der Waals surface area contributed by atoms with Crippen molar-refractivity contribution in [3.05, 3.63) is 0 Å². The third kappa shape index (κ3) is 34.0. The van der Waals surface area contributed by atoms with Gasteiger partial charge in [-0.15, -0.1) is 0 Å². The van der Waals surface area contributed by atoms with Gasteiger partial charge in [0.1, 0.15) is 66.8 Å². The van der Waals surface area contributed by atoms with Gasteiger partial charge in [0.25, 0.3) is 0 Å². The third-order valence-electron chi connectivity index (χ3n) is 7.65. The number of phosphoric ester groups is 3. The highest BCUT2D eigenvalue weighted by atomic mass is 32.1. The zero-order valence-electron chi connectivity index (χ0n) is 38.7. The van der Waals surface area contributed by atoms with Crippen molar-refractivity contribution in [1.82, 2.24) is 0 Å². The molecular weight excluding hydrogens is 1290 g/mol. The van der Waals surface area contributed by atoms with Crippen LogP contribution in [-0.4, -0.2) is 195 Å². The normalized spacial score (nSPS) is 28.0. The van der Waals surface area contributed by atoms with Gasteiger partial charge < -0.3 is 101 Å². The predicted octanol–water partition coefficient (Wildman–Crippen LogP) is -0.257. The maximum absolute atomic E-state index is 11.7. The topological polar surface area (TPSA) is 620 Å². The molecule has 0 amide bonds. The average Bonchev–Trinajstić information content (AvgIpc) is 3.88. The Kier molecular flexibility index (Phi) is 30.6. The number of ether oxygens (including phenoxy) is 9. The zero-order chi connectivity index (χ0) is 60.5. The van der Waals surface area contributed by atoms with E-state index in [4.69, 9.17) is 113 Å². The lowest BCUT2D eigenvalue weighted by Gasteiger charge is -2.21. The molecule has 446 valence electrons. The molecule has 3 heterocycles. The van der Waals surface area contributed by atoms with Gasteiger partial charge in [0.15, 0.2) is 0 Å². The Morgan fingerprint density at radius 3 is 1.06 bits per heavy atom. The number of carbonyl (C=O) groups is 2. The first-order chi connectivity index (χ1) is 35.2. The summed E-state index contributed by atoms with van der Waals surface area (Å²) in [6.07, 6.45) is -8.57. The molecule has 0 bridgehead atoms. The summed E-state index contributed by atoms with van der Waals surface area (Å²) in [5, 5.41) is 8.10. The summed E-state index contributed by atoms with van der Waals surface area (Å²) >= 11 is 4.69. The number of rotatable bonds is 26. The Hall–Kier alpha value is -0.975. The van der Waals surface area contributed by atoms with E-state index in [-0.39, 0.29) is 37.5 Å². The van der Waals surface area contributed by atoms with Crippen molar-refractivity contribution in [1.29, 1.82) is 5.26 Å². The second-order valence-corrected chi connectivity index (χ2v) is 27.5. The average molecular weight is 1330 g/mol. The van der Waals surface area contributed by atoms with Crippen LogP contribution in [0.5, 0.6) is 0 Å². The Morgan fingerprint density at radius 2 is 0.795 bits per heavy atom. The van der Waals surface area contributed by atoms with Crippen molar-refractivity contribution in [3.63, 3.8) is 0 Å². The summed E-state index contributed by atoms with van der Waals surface area (Å²) in [6, 6.07) is -0.928. The fraction of sp³-hybridized carbons (Fsp3) is 0.826.